The van der Waals surface area contributed by atoms with E-state index in [1.54, 1.807) is 0 Å². The van der Waals surface area contributed by atoms with Crippen molar-refractivity contribution in [1.29, 1.82) is 0 Å². The van der Waals surface area contributed by atoms with Crippen LogP contribution in [0.1, 0.15) is 25.2 Å². The lowest BCUT2D eigenvalue weighted by atomic mass is 10.1. The van der Waals surface area contributed by atoms with E-state index in [1.165, 1.54) is 23.1 Å². The van der Waals surface area contributed by atoms with E-state index in [2.05, 4.69) is 10.1 Å². The summed E-state index contributed by atoms with van der Waals surface area (Å²) in [5.41, 5.74) is 0.937. The third-order valence-corrected chi connectivity index (χ3v) is 4.77. The summed E-state index contributed by atoms with van der Waals surface area (Å²) in [6, 6.07) is 11.5. The Kier molecular flexibility index (Phi) is 5.00. The van der Waals surface area contributed by atoms with Crippen LogP contribution in [0, 0.1) is 5.82 Å². The molecule has 1 saturated heterocycles. The quantitative estimate of drug-likeness (QED) is 0.631. The SMILES string of the molecule is CCOc1ccc(-c2noc(C3CC(=O)N(c4cc(Cl)ccc4F)C3)n2)cc1. The standard InChI is InChI=1S/C20H17ClFN3O3/c1-2-27-15-6-3-12(4-7-15)19-23-20(28-24-19)13-9-18(26)25(11-13)17-10-14(21)5-8-16(17)22/h3-8,10,13H,2,9,11H2,1H3. The molecule has 6 nitrogen and oxygen atoms in total. The average molecular weight is 402 g/mol. The van der Waals surface area contributed by atoms with Gasteiger partial charge >= 0.3 is 0 Å². The number of halogens is 2. The molecule has 4 rings (SSSR count). The number of benzene rings is 2. The molecule has 0 saturated carbocycles. The summed E-state index contributed by atoms with van der Waals surface area (Å²) in [5, 5.41) is 4.37. The fourth-order valence-corrected chi connectivity index (χ4v) is 3.35. The summed E-state index contributed by atoms with van der Waals surface area (Å²) in [6.07, 6.45) is 0.164. The molecule has 0 N–H and O–H groups in total. The van der Waals surface area contributed by atoms with Gasteiger partial charge in [-0.2, -0.15) is 4.98 Å². The van der Waals surface area contributed by atoms with E-state index < -0.39 is 5.82 Å². The van der Waals surface area contributed by atoms with Crippen molar-refractivity contribution in [3.8, 4) is 17.1 Å². The molecule has 1 aromatic heterocycles. The van der Waals surface area contributed by atoms with Crippen LogP contribution in [0.2, 0.25) is 5.02 Å². The van der Waals surface area contributed by atoms with Crippen molar-refractivity contribution >= 4 is 23.2 Å². The highest BCUT2D eigenvalue weighted by atomic mass is 35.5. The second-order valence-electron chi connectivity index (χ2n) is 6.41. The summed E-state index contributed by atoms with van der Waals surface area (Å²) < 4.78 is 24.9. The number of carbonyl (C=O) groups excluding carboxylic acids is 1. The minimum atomic E-state index is -0.501. The highest BCUT2D eigenvalue weighted by Crippen LogP contribution is 2.34. The lowest BCUT2D eigenvalue weighted by molar-refractivity contribution is -0.117. The molecule has 3 aromatic rings. The van der Waals surface area contributed by atoms with Gasteiger partial charge < -0.3 is 14.2 Å². The maximum Gasteiger partial charge on any atom is 0.232 e. The lowest BCUT2D eigenvalue weighted by Gasteiger charge is -2.17. The molecule has 0 aliphatic carbocycles. The first-order valence-corrected chi connectivity index (χ1v) is 9.25. The predicted molar refractivity (Wildman–Crippen MR) is 102 cm³/mol. The van der Waals surface area contributed by atoms with Crippen LogP contribution in [0.5, 0.6) is 5.75 Å². The summed E-state index contributed by atoms with van der Waals surface area (Å²) in [4.78, 5) is 18.2. The number of carbonyl (C=O) groups is 1. The third-order valence-electron chi connectivity index (χ3n) is 4.54. The number of rotatable bonds is 5. The molecular weight excluding hydrogens is 385 g/mol. The van der Waals surface area contributed by atoms with Crippen molar-refractivity contribution in [3.05, 3.63) is 59.2 Å². The monoisotopic (exact) mass is 401 g/mol. The van der Waals surface area contributed by atoms with Gasteiger partial charge in [0.25, 0.3) is 0 Å². The van der Waals surface area contributed by atoms with Crippen molar-refractivity contribution in [3.63, 3.8) is 0 Å². The van der Waals surface area contributed by atoms with Crippen molar-refractivity contribution in [2.75, 3.05) is 18.1 Å². The molecule has 0 spiro atoms. The Morgan fingerprint density at radius 2 is 2.07 bits per heavy atom. The van der Waals surface area contributed by atoms with Gasteiger partial charge in [0.1, 0.15) is 11.6 Å². The summed E-state index contributed by atoms with van der Waals surface area (Å²) in [6.45, 7) is 2.76. The number of amides is 1. The zero-order chi connectivity index (χ0) is 19.7. The zero-order valence-electron chi connectivity index (χ0n) is 15.1. The average Bonchev–Trinajstić information content (AvgIpc) is 3.32. The van der Waals surface area contributed by atoms with Crippen LogP contribution >= 0.6 is 11.6 Å². The molecule has 1 amide bonds. The number of aromatic nitrogens is 2. The Morgan fingerprint density at radius 3 is 2.82 bits per heavy atom. The molecule has 1 aliphatic rings. The van der Waals surface area contributed by atoms with Gasteiger partial charge in [0.15, 0.2) is 0 Å². The maximum atomic E-state index is 14.1. The van der Waals surface area contributed by atoms with Gasteiger partial charge in [-0.3, -0.25) is 4.79 Å². The van der Waals surface area contributed by atoms with Crippen molar-refractivity contribution in [2.45, 2.75) is 19.3 Å². The minimum Gasteiger partial charge on any atom is -0.494 e. The van der Waals surface area contributed by atoms with Crippen molar-refractivity contribution in [2.24, 2.45) is 0 Å². The predicted octanol–water partition coefficient (Wildman–Crippen LogP) is 4.45. The Balaban J connectivity index is 1.53. The van der Waals surface area contributed by atoms with Gasteiger partial charge in [-0.1, -0.05) is 16.8 Å². The molecule has 8 heteroatoms. The molecule has 1 fully saturated rings. The van der Waals surface area contributed by atoms with Crippen LogP contribution in [0.15, 0.2) is 47.0 Å². The second kappa shape index (κ2) is 7.59. The first-order valence-electron chi connectivity index (χ1n) is 8.87. The summed E-state index contributed by atoms with van der Waals surface area (Å²) >= 11 is 5.94. The number of ether oxygens (including phenoxy) is 1. The van der Waals surface area contributed by atoms with E-state index in [9.17, 15) is 9.18 Å². The Hall–Kier alpha value is -2.93. The van der Waals surface area contributed by atoms with Gasteiger partial charge in [0.05, 0.1) is 18.2 Å². The normalized spacial score (nSPS) is 16.6. The molecular formula is C20H17ClFN3O3. The Bertz CT molecular complexity index is 1010. The molecule has 2 aromatic carbocycles. The van der Waals surface area contributed by atoms with Crippen LogP contribution in [-0.2, 0) is 4.79 Å². The molecule has 28 heavy (non-hydrogen) atoms. The van der Waals surface area contributed by atoms with Gasteiger partial charge in [0, 0.05) is 23.6 Å². The topological polar surface area (TPSA) is 68.5 Å². The molecule has 1 aliphatic heterocycles. The molecule has 1 atom stereocenters. The van der Waals surface area contributed by atoms with E-state index in [4.69, 9.17) is 20.9 Å². The summed E-state index contributed by atoms with van der Waals surface area (Å²) in [5.74, 6) is 0.511. The molecule has 2 heterocycles. The van der Waals surface area contributed by atoms with E-state index in [-0.39, 0.29) is 30.5 Å². The number of anilines is 1. The number of hydrogen-bond donors (Lipinski definition) is 0. The first-order chi connectivity index (χ1) is 13.5. The molecule has 1 unspecified atom stereocenters. The van der Waals surface area contributed by atoms with Crippen LogP contribution in [0.25, 0.3) is 11.4 Å². The fraction of sp³-hybridized carbons (Fsp3) is 0.250. The molecule has 0 radical (unpaired) electrons. The minimum absolute atomic E-state index is 0.159. The van der Waals surface area contributed by atoms with E-state index in [1.807, 2.05) is 31.2 Å². The number of nitrogens with zero attached hydrogens (tertiary/aromatic N) is 3. The van der Waals surface area contributed by atoms with Crippen LogP contribution < -0.4 is 9.64 Å². The Morgan fingerprint density at radius 1 is 1.29 bits per heavy atom. The molecule has 144 valence electrons. The van der Waals surface area contributed by atoms with Gasteiger partial charge in [-0.15, -0.1) is 0 Å². The fourth-order valence-electron chi connectivity index (χ4n) is 3.18. The maximum absolute atomic E-state index is 14.1. The highest BCUT2D eigenvalue weighted by molar-refractivity contribution is 6.31. The van der Waals surface area contributed by atoms with Crippen LogP contribution in [0.3, 0.4) is 0 Å². The zero-order valence-corrected chi connectivity index (χ0v) is 15.8. The second-order valence-corrected chi connectivity index (χ2v) is 6.85. The lowest BCUT2D eigenvalue weighted by Crippen LogP contribution is -2.25. The number of hydrogen-bond acceptors (Lipinski definition) is 5. The van der Waals surface area contributed by atoms with Crippen LogP contribution in [-0.4, -0.2) is 29.2 Å². The first kappa shape index (κ1) is 18.4. The van der Waals surface area contributed by atoms with E-state index in [0.29, 0.717) is 23.3 Å². The van der Waals surface area contributed by atoms with E-state index >= 15 is 0 Å². The van der Waals surface area contributed by atoms with Gasteiger partial charge in [-0.05, 0) is 49.4 Å². The smallest absolute Gasteiger partial charge is 0.232 e. The van der Waals surface area contributed by atoms with Gasteiger partial charge in [-0.25, -0.2) is 4.39 Å². The summed E-state index contributed by atoms with van der Waals surface area (Å²) in [7, 11) is 0. The van der Waals surface area contributed by atoms with E-state index in [0.717, 1.165) is 11.3 Å². The Labute approximate surface area is 165 Å². The largest absolute Gasteiger partial charge is 0.494 e. The van der Waals surface area contributed by atoms with Crippen molar-refractivity contribution in [1.82, 2.24) is 10.1 Å². The van der Waals surface area contributed by atoms with Crippen molar-refractivity contribution < 1.29 is 18.4 Å². The third kappa shape index (κ3) is 3.57. The highest BCUT2D eigenvalue weighted by Gasteiger charge is 2.36. The molecule has 0 bridgehead atoms. The van der Waals surface area contributed by atoms with Crippen LogP contribution in [0.4, 0.5) is 10.1 Å². The van der Waals surface area contributed by atoms with Gasteiger partial charge in [0.2, 0.25) is 17.6 Å².